The van der Waals surface area contributed by atoms with Gasteiger partial charge in [-0.2, -0.15) is 40.8 Å². The number of rotatable bonds is 24. The monoisotopic (exact) mass is 1830 g/mol. The molecule has 4 aliphatic rings. The first-order valence-corrected chi connectivity index (χ1v) is 44.9. The standard InChI is InChI=1S/4C21H21N7O2S.2CH2O2/c2*1-2-30-15-7-14(8-15)28-11-17(19(27-28)16-5-3-4-6-22-16)25-20(29)18-12-31-21(26-18)13-9-23-24-10-13;2*29-15-6-4-14(5-7-15)28-11-17(19(27-28)16-3-1-2-8-22-16)25-20(30)18-12-31-21(26-18)13-9-23-24-10-13;2*2-1-3/h2*3-6,9-12,14-15H,2,7-8H2,1H3,(H,23,24)(H,25,29);2*1-3,8-12,14-15,29H,4-7H2,(H,23,24)(H,25,30);2*1H,(H,2,3). The van der Waals surface area contributed by atoms with Crippen molar-refractivity contribution in [1.29, 1.82) is 0 Å². The Morgan fingerprint density at radius 3 is 0.854 bits per heavy atom. The lowest BCUT2D eigenvalue weighted by Crippen LogP contribution is -2.33. The summed E-state index contributed by atoms with van der Waals surface area (Å²) in [5.41, 5.74) is 12.4. The third-order valence-electron chi connectivity index (χ3n) is 21.3. The molecule has 0 unspecified atom stereocenters. The normalized spacial score (nSPS) is 17.7. The fraction of sp³-hybridized carbons (Fsp3) is 0.279. The molecule has 0 bridgehead atoms. The van der Waals surface area contributed by atoms with Crippen LogP contribution in [0, 0.1) is 0 Å². The Bertz CT molecular complexity index is 5890. The lowest BCUT2D eigenvalue weighted by Gasteiger charge is -2.34. The lowest BCUT2D eigenvalue weighted by atomic mass is 9.89. The third kappa shape index (κ3) is 22.7. The molecule has 4 aliphatic carbocycles. The van der Waals surface area contributed by atoms with Crippen molar-refractivity contribution in [2.75, 3.05) is 34.5 Å². The van der Waals surface area contributed by atoms with Crippen LogP contribution in [0.25, 0.3) is 87.8 Å². The SMILES string of the molecule is CCOC1CC(n2cc(NC(=O)c3csc(-c4cn[nH]c4)n3)c(-c3ccccn3)n2)C1.CCOC1CC(n2cc(NC(=O)c3csc(-c4cn[nH]c4)n3)c(-c3ccccn3)n2)C1.O=C(Nc1cn(C2CCC(O)CC2)nc1-c1ccccn1)c1csc(-c2cn[nH]c2)n1.O=C(Nc1cn(C2CCC(O)CC2)nc1-c1ccccn1)c1csc(-c2cn[nH]c2)n1.O=CO.O=CO. The summed E-state index contributed by atoms with van der Waals surface area (Å²) in [6, 6.07) is 23.3. The van der Waals surface area contributed by atoms with Crippen molar-refractivity contribution >= 4 is 105 Å². The predicted molar refractivity (Wildman–Crippen MR) is 484 cm³/mol. The fourth-order valence-electron chi connectivity index (χ4n) is 14.6. The Morgan fingerprint density at radius 1 is 0.392 bits per heavy atom. The molecular formula is C86H88N28O12S4. The summed E-state index contributed by atoms with van der Waals surface area (Å²) in [6.45, 7) is 4.94. The number of nitrogens with zero attached hydrogens (tertiary/aromatic N) is 20. The Morgan fingerprint density at radius 2 is 0.638 bits per heavy atom. The average molecular weight is 1830 g/mol. The summed E-state index contributed by atoms with van der Waals surface area (Å²) in [7, 11) is 0. The first-order chi connectivity index (χ1) is 63.6. The first kappa shape index (κ1) is 90.3. The summed E-state index contributed by atoms with van der Waals surface area (Å²) < 4.78 is 18.9. The number of aromatic nitrogens is 24. The second-order valence-electron chi connectivity index (χ2n) is 29.8. The molecule has 0 radical (unpaired) electrons. The van der Waals surface area contributed by atoms with Crippen LogP contribution in [0.5, 0.6) is 0 Å². The van der Waals surface area contributed by atoms with E-state index in [1.54, 1.807) is 95.9 Å². The average Bonchev–Trinajstić information content (AvgIpc) is 1.65. The van der Waals surface area contributed by atoms with Gasteiger partial charge in [-0.05, 0) is 139 Å². The van der Waals surface area contributed by atoms with Crippen LogP contribution in [0.2, 0.25) is 0 Å². The number of carbonyl (C=O) groups excluding carboxylic acids is 4. The van der Waals surface area contributed by atoms with Gasteiger partial charge in [0, 0.05) is 131 Å². The Balaban J connectivity index is 0.000000130. The number of H-pyrrole nitrogens is 4. The fourth-order valence-corrected chi connectivity index (χ4v) is 17.7. The van der Waals surface area contributed by atoms with E-state index in [1.807, 2.05) is 130 Å². The van der Waals surface area contributed by atoms with E-state index in [0.717, 1.165) is 119 Å². The van der Waals surface area contributed by atoms with Crippen molar-refractivity contribution in [1.82, 2.24) is 120 Å². The number of aliphatic hydroxyl groups is 2. The van der Waals surface area contributed by atoms with Gasteiger partial charge in [-0.15, -0.1) is 45.3 Å². The molecule has 0 aliphatic heterocycles. The largest absolute Gasteiger partial charge is 0.483 e. The van der Waals surface area contributed by atoms with Crippen LogP contribution < -0.4 is 21.3 Å². The number of hydrogen-bond donors (Lipinski definition) is 12. The summed E-state index contributed by atoms with van der Waals surface area (Å²) in [5, 5.41) is 101. The zero-order valence-electron chi connectivity index (χ0n) is 69.8. The number of aliphatic hydroxyl groups excluding tert-OH is 2. The molecule has 16 heterocycles. The Kier molecular flexibility index (Phi) is 30.4. The molecular weight excluding hydrogens is 1750 g/mol. The molecule has 130 heavy (non-hydrogen) atoms. The maximum atomic E-state index is 12.9. The van der Waals surface area contributed by atoms with Gasteiger partial charge in [-0.3, -0.25) is 87.8 Å². The molecule has 4 fully saturated rings. The summed E-state index contributed by atoms with van der Waals surface area (Å²) in [5.74, 6) is -1.18. The highest BCUT2D eigenvalue weighted by Crippen LogP contribution is 2.41. The van der Waals surface area contributed by atoms with E-state index in [0.29, 0.717) is 104 Å². The number of nitrogens with one attached hydrogen (secondary N) is 8. The molecule has 0 saturated heterocycles. The van der Waals surface area contributed by atoms with Crippen LogP contribution in [0.1, 0.15) is 157 Å². The first-order valence-electron chi connectivity index (χ1n) is 41.4. The van der Waals surface area contributed by atoms with E-state index >= 15 is 0 Å². The second kappa shape index (κ2) is 43.8. The quantitative estimate of drug-likeness (QED) is 0.0250. The number of carbonyl (C=O) groups is 6. The number of anilines is 4. The van der Waals surface area contributed by atoms with Crippen molar-refractivity contribution in [2.45, 2.75) is 139 Å². The van der Waals surface area contributed by atoms with Gasteiger partial charge in [-0.1, -0.05) is 24.3 Å². The van der Waals surface area contributed by atoms with E-state index in [4.69, 9.17) is 49.7 Å². The second-order valence-corrected chi connectivity index (χ2v) is 33.2. The number of amides is 4. The molecule has 12 N–H and O–H groups in total. The van der Waals surface area contributed by atoms with E-state index in [9.17, 15) is 29.4 Å². The minimum atomic E-state index is -0.304. The molecule has 44 heteroatoms. The van der Waals surface area contributed by atoms with Crippen LogP contribution in [0.3, 0.4) is 0 Å². The van der Waals surface area contributed by atoms with Gasteiger partial charge in [0.25, 0.3) is 36.6 Å². The highest BCUT2D eigenvalue weighted by Gasteiger charge is 2.36. The van der Waals surface area contributed by atoms with Crippen LogP contribution in [0.15, 0.2) is 193 Å². The number of pyridine rings is 4. The number of carboxylic acid groups (broad SMARTS) is 2. The van der Waals surface area contributed by atoms with Gasteiger partial charge in [-0.25, -0.2) is 19.9 Å². The molecule has 0 spiro atoms. The smallest absolute Gasteiger partial charge is 0.290 e. The van der Waals surface area contributed by atoms with Crippen LogP contribution in [-0.2, 0) is 19.1 Å². The van der Waals surface area contributed by atoms with Crippen molar-refractivity contribution < 1.29 is 58.7 Å². The topological polar surface area (TPSA) is 539 Å². The van der Waals surface area contributed by atoms with E-state index in [1.165, 1.54) is 45.3 Å². The van der Waals surface area contributed by atoms with Crippen LogP contribution in [0.4, 0.5) is 22.7 Å². The van der Waals surface area contributed by atoms with Gasteiger partial charge in [0.2, 0.25) is 0 Å². The maximum absolute atomic E-state index is 12.9. The summed E-state index contributed by atoms with van der Waals surface area (Å²) >= 11 is 5.56. The van der Waals surface area contributed by atoms with Crippen molar-refractivity contribution in [3.63, 3.8) is 0 Å². The van der Waals surface area contributed by atoms with Crippen molar-refractivity contribution in [2.24, 2.45) is 0 Å². The molecule has 668 valence electrons. The highest BCUT2D eigenvalue weighted by molar-refractivity contribution is 7.14. The molecule has 20 rings (SSSR count). The van der Waals surface area contributed by atoms with Gasteiger partial charge >= 0.3 is 0 Å². The molecule has 16 aromatic heterocycles. The van der Waals surface area contributed by atoms with E-state index in [2.05, 4.69) is 102 Å². The minimum absolute atomic E-state index is 0.184. The van der Waals surface area contributed by atoms with Crippen LogP contribution >= 0.6 is 45.3 Å². The highest BCUT2D eigenvalue weighted by atomic mass is 32.1. The zero-order valence-corrected chi connectivity index (χ0v) is 73.0. The molecule has 4 saturated carbocycles. The summed E-state index contributed by atoms with van der Waals surface area (Å²) in [6.07, 6.45) is 38.0. The van der Waals surface area contributed by atoms with Crippen LogP contribution in [-0.4, -0.2) is 214 Å². The minimum Gasteiger partial charge on any atom is -0.483 e. The molecule has 4 amide bonds. The van der Waals surface area contributed by atoms with Gasteiger partial charge in [0.15, 0.2) is 0 Å². The molecule has 0 atom stereocenters. The van der Waals surface area contributed by atoms with Gasteiger partial charge in [0.1, 0.15) is 65.6 Å². The number of ether oxygens (including phenoxy) is 2. The predicted octanol–water partition coefficient (Wildman–Crippen LogP) is 14.0. The van der Waals surface area contributed by atoms with E-state index in [-0.39, 0.29) is 85.2 Å². The van der Waals surface area contributed by atoms with Gasteiger partial charge in [0.05, 0.1) is 119 Å². The van der Waals surface area contributed by atoms with Crippen molar-refractivity contribution in [3.05, 3.63) is 216 Å². The maximum Gasteiger partial charge on any atom is 0.290 e. The number of hydrogen-bond acceptors (Lipinski definition) is 30. The lowest BCUT2D eigenvalue weighted by molar-refractivity contribution is -0.123. The summed E-state index contributed by atoms with van der Waals surface area (Å²) in [4.78, 5) is 104. The van der Waals surface area contributed by atoms with E-state index < -0.39 is 0 Å². The molecule has 16 aromatic rings. The molecule has 0 aromatic carbocycles. The zero-order chi connectivity index (χ0) is 90.2. The Labute approximate surface area is 756 Å². The van der Waals surface area contributed by atoms with Crippen molar-refractivity contribution in [3.8, 4) is 87.8 Å². The number of thiazole rings is 4. The third-order valence-corrected chi connectivity index (χ3v) is 24.8. The molecule has 40 nitrogen and oxygen atoms in total. The van der Waals surface area contributed by atoms with Gasteiger partial charge < -0.3 is 51.2 Å². The number of aromatic amines is 4. The Hall–Kier alpha value is -14.5.